The first-order valence-corrected chi connectivity index (χ1v) is 5.70. The molecule has 0 unspecified atom stereocenters. The highest BCUT2D eigenvalue weighted by Gasteiger charge is 2.12. The lowest BCUT2D eigenvalue weighted by atomic mass is 10.2. The van der Waals surface area contributed by atoms with E-state index in [0.29, 0.717) is 10.5 Å². The average molecular weight is 242 g/mol. The molecule has 0 aromatic heterocycles. The topological polar surface area (TPSA) is 20.3 Å². The lowest BCUT2D eigenvalue weighted by Crippen LogP contribution is -2.26. The Labute approximate surface area is 106 Å². The molecular weight excluding hydrogens is 230 g/mol. The Morgan fingerprint density at radius 2 is 1.59 bits per heavy atom. The van der Waals surface area contributed by atoms with Crippen molar-refractivity contribution in [3.63, 3.8) is 0 Å². The summed E-state index contributed by atoms with van der Waals surface area (Å²) in [5, 5.41) is 0. The summed E-state index contributed by atoms with van der Waals surface area (Å²) in [6.07, 6.45) is 0. The quantitative estimate of drug-likeness (QED) is 0.755. The summed E-state index contributed by atoms with van der Waals surface area (Å²) < 4.78 is 0. The summed E-state index contributed by atoms with van der Waals surface area (Å²) in [5.74, 6) is -0.0817. The molecule has 86 valence electrons. The fourth-order valence-corrected chi connectivity index (χ4v) is 1.83. The van der Waals surface area contributed by atoms with Crippen LogP contribution in [0.1, 0.15) is 10.4 Å². The maximum absolute atomic E-state index is 12.2. The number of anilines is 1. The molecular formula is C14H12NOS-. The summed E-state index contributed by atoms with van der Waals surface area (Å²) in [4.78, 5) is 14.4. The van der Waals surface area contributed by atoms with E-state index in [4.69, 9.17) is 12.6 Å². The third kappa shape index (κ3) is 2.45. The average Bonchev–Trinajstić information content (AvgIpc) is 2.39. The highest BCUT2D eigenvalue weighted by atomic mass is 32.1. The fourth-order valence-electron chi connectivity index (χ4n) is 1.59. The van der Waals surface area contributed by atoms with Gasteiger partial charge in [-0.05, 0) is 12.1 Å². The molecule has 0 aliphatic carbocycles. The van der Waals surface area contributed by atoms with Crippen LogP contribution >= 0.6 is 0 Å². The van der Waals surface area contributed by atoms with Crippen molar-refractivity contribution in [2.24, 2.45) is 0 Å². The number of carbonyl (C=O) groups excluding carboxylic acids is 1. The fraction of sp³-hybridized carbons (Fsp3) is 0.0714. The van der Waals surface area contributed by atoms with Crippen molar-refractivity contribution < 1.29 is 4.79 Å². The molecule has 0 radical (unpaired) electrons. The van der Waals surface area contributed by atoms with Crippen LogP contribution in [0.5, 0.6) is 0 Å². The molecule has 0 heterocycles. The molecule has 0 saturated heterocycles. The Hall–Kier alpha value is -1.87. The molecule has 2 aromatic rings. The molecule has 0 aliphatic rings. The van der Waals surface area contributed by atoms with Crippen LogP contribution in [0.3, 0.4) is 0 Å². The van der Waals surface area contributed by atoms with Crippen LogP contribution in [0.25, 0.3) is 0 Å². The SMILES string of the molecule is CN(C(=O)c1ccccc1[S-])c1ccccc1. The van der Waals surface area contributed by atoms with Crippen LogP contribution < -0.4 is 4.90 Å². The molecule has 1 amide bonds. The standard InChI is InChI=1S/C14H13NOS/c1-15(11-7-3-2-4-8-11)14(16)12-9-5-6-10-13(12)17/h2-10,17H,1H3/p-1. The summed E-state index contributed by atoms with van der Waals surface area (Å²) in [6.45, 7) is 0. The van der Waals surface area contributed by atoms with Gasteiger partial charge in [-0.25, -0.2) is 0 Å². The Balaban J connectivity index is 2.30. The highest BCUT2D eigenvalue weighted by molar-refractivity contribution is 7.58. The smallest absolute Gasteiger partial charge is 0.256 e. The minimum atomic E-state index is -0.0817. The Kier molecular flexibility index (Phi) is 3.40. The van der Waals surface area contributed by atoms with Gasteiger partial charge in [-0.15, -0.1) is 0 Å². The molecule has 17 heavy (non-hydrogen) atoms. The molecule has 0 saturated carbocycles. The van der Waals surface area contributed by atoms with Gasteiger partial charge in [0.25, 0.3) is 5.91 Å². The van der Waals surface area contributed by atoms with Gasteiger partial charge in [0.1, 0.15) is 0 Å². The van der Waals surface area contributed by atoms with E-state index in [1.807, 2.05) is 42.5 Å². The monoisotopic (exact) mass is 242 g/mol. The van der Waals surface area contributed by atoms with Gasteiger partial charge in [0.15, 0.2) is 0 Å². The van der Waals surface area contributed by atoms with Gasteiger partial charge < -0.3 is 17.5 Å². The zero-order valence-electron chi connectivity index (χ0n) is 9.46. The molecule has 0 bridgehead atoms. The maximum atomic E-state index is 12.2. The van der Waals surface area contributed by atoms with Gasteiger partial charge in [0.05, 0.1) is 0 Å². The van der Waals surface area contributed by atoms with Gasteiger partial charge in [-0.1, -0.05) is 42.5 Å². The number of para-hydroxylation sites is 1. The summed E-state index contributed by atoms with van der Waals surface area (Å²) >= 11 is 5.15. The third-order valence-corrected chi connectivity index (χ3v) is 2.92. The van der Waals surface area contributed by atoms with Gasteiger partial charge >= 0.3 is 0 Å². The number of hydrogen-bond donors (Lipinski definition) is 0. The first-order valence-electron chi connectivity index (χ1n) is 5.29. The maximum Gasteiger partial charge on any atom is 0.256 e. The molecule has 2 rings (SSSR count). The van der Waals surface area contributed by atoms with E-state index in [-0.39, 0.29) is 5.91 Å². The molecule has 0 fully saturated rings. The number of amides is 1. The second-order valence-electron chi connectivity index (χ2n) is 3.70. The van der Waals surface area contributed by atoms with Crippen LogP contribution in [0.15, 0.2) is 59.5 Å². The van der Waals surface area contributed by atoms with Crippen molar-refractivity contribution in [1.82, 2.24) is 0 Å². The van der Waals surface area contributed by atoms with E-state index in [1.165, 1.54) is 0 Å². The van der Waals surface area contributed by atoms with Crippen molar-refractivity contribution in [2.75, 3.05) is 11.9 Å². The van der Waals surface area contributed by atoms with E-state index in [1.54, 1.807) is 24.1 Å². The summed E-state index contributed by atoms with van der Waals surface area (Å²) in [5.41, 5.74) is 1.42. The van der Waals surface area contributed by atoms with Crippen LogP contribution in [0.4, 0.5) is 5.69 Å². The molecule has 0 N–H and O–H groups in total. The van der Waals surface area contributed by atoms with E-state index in [9.17, 15) is 4.79 Å². The van der Waals surface area contributed by atoms with E-state index >= 15 is 0 Å². The lowest BCUT2D eigenvalue weighted by molar-refractivity contribution is 0.0990. The van der Waals surface area contributed by atoms with Crippen LogP contribution in [0.2, 0.25) is 0 Å². The number of carbonyl (C=O) groups is 1. The molecule has 2 nitrogen and oxygen atoms in total. The van der Waals surface area contributed by atoms with Gasteiger partial charge in [-0.2, -0.15) is 4.90 Å². The van der Waals surface area contributed by atoms with Crippen molar-refractivity contribution in [2.45, 2.75) is 4.90 Å². The second kappa shape index (κ2) is 4.97. The largest absolute Gasteiger partial charge is 0.779 e. The number of hydrogen-bond acceptors (Lipinski definition) is 2. The predicted molar refractivity (Wildman–Crippen MR) is 71.2 cm³/mol. The number of benzene rings is 2. The van der Waals surface area contributed by atoms with Crippen molar-refractivity contribution >= 4 is 24.2 Å². The number of rotatable bonds is 2. The predicted octanol–water partition coefficient (Wildman–Crippen LogP) is 2.87. The third-order valence-electron chi connectivity index (χ3n) is 2.57. The summed E-state index contributed by atoms with van der Waals surface area (Å²) in [7, 11) is 1.75. The molecule has 0 atom stereocenters. The van der Waals surface area contributed by atoms with Crippen LogP contribution in [0, 0.1) is 0 Å². The molecule has 3 heteroatoms. The van der Waals surface area contributed by atoms with E-state index in [2.05, 4.69) is 0 Å². The normalized spacial score (nSPS) is 9.94. The molecule has 0 aliphatic heterocycles. The Morgan fingerprint density at radius 3 is 2.24 bits per heavy atom. The molecule has 2 aromatic carbocycles. The van der Waals surface area contributed by atoms with Gasteiger partial charge in [0.2, 0.25) is 0 Å². The zero-order chi connectivity index (χ0) is 12.3. The first kappa shape index (κ1) is 11.6. The lowest BCUT2D eigenvalue weighted by Gasteiger charge is -2.20. The van der Waals surface area contributed by atoms with Crippen LogP contribution in [-0.2, 0) is 12.6 Å². The van der Waals surface area contributed by atoms with Gasteiger partial charge in [-0.3, -0.25) is 4.79 Å². The van der Waals surface area contributed by atoms with E-state index < -0.39 is 0 Å². The van der Waals surface area contributed by atoms with E-state index in [0.717, 1.165) is 5.69 Å². The van der Waals surface area contributed by atoms with Crippen molar-refractivity contribution in [3.05, 3.63) is 60.2 Å². The number of nitrogens with zero attached hydrogens (tertiary/aromatic N) is 1. The van der Waals surface area contributed by atoms with Crippen molar-refractivity contribution in [1.29, 1.82) is 0 Å². The Morgan fingerprint density at radius 1 is 1.00 bits per heavy atom. The minimum Gasteiger partial charge on any atom is -0.779 e. The van der Waals surface area contributed by atoms with Crippen molar-refractivity contribution in [3.8, 4) is 0 Å². The van der Waals surface area contributed by atoms with Crippen LogP contribution in [-0.4, -0.2) is 13.0 Å². The summed E-state index contributed by atoms with van der Waals surface area (Å²) in [6, 6.07) is 16.7. The Bertz CT molecular complexity index is 525. The van der Waals surface area contributed by atoms with Gasteiger partial charge in [0, 0.05) is 18.3 Å². The second-order valence-corrected chi connectivity index (χ2v) is 4.14. The highest BCUT2D eigenvalue weighted by Crippen LogP contribution is 2.16. The molecule has 0 spiro atoms. The first-order chi connectivity index (χ1) is 8.20. The minimum absolute atomic E-state index is 0.0817. The zero-order valence-corrected chi connectivity index (χ0v) is 10.3.